The minimum atomic E-state index is -3.89. The first-order valence-corrected chi connectivity index (χ1v) is 11.6. The summed E-state index contributed by atoms with van der Waals surface area (Å²) in [5.41, 5.74) is 0. The van der Waals surface area contributed by atoms with Gasteiger partial charge in [-0.05, 0) is 25.7 Å². The van der Waals surface area contributed by atoms with Crippen molar-refractivity contribution in [3.05, 3.63) is 0 Å². The maximum absolute atomic E-state index is 11.4. The zero-order valence-corrected chi connectivity index (χ0v) is 16.7. The van der Waals surface area contributed by atoms with Crippen LogP contribution in [-0.4, -0.2) is 29.4 Å². The predicted octanol–water partition coefficient (Wildman–Crippen LogP) is 5.50. The molecule has 4 nitrogen and oxygen atoms in total. The lowest BCUT2D eigenvalue weighted by Crippen LogP contribution is -2.20. The minimum Gasteiger partial charge on any atom is -0.393 e. The van der Waals surface area contributed by atoms with Gasteiger partial charge in [0.1, 0.15) is 0 Å². The maximum atomic E-state index is 11.4. The van der Waals surface area contributed by atoms with Crippen molar-refractivity contribution in [2.45, 2.75) is 122 Å². The third kappa shape index (κ3) is 14.2. The highest BCUT2D eigenvalue weighted by molar-refractivity contribution is 7.86. The fourth-order valence-electron chi connectivity index (χ4n) is 3.08. The van der Waals surface area contributed by atoms with E-state index in [2.05, 4.69) is 6.92 Å². The summed E-state index contributed by atoms with van der Waals surface area (Å²) in [4.78, 5) is 0. The van der Waals surface area contributed by atoms with E-state index in [0.29, 0.717) is 12.8 Å². The van der Waals surface area contributed by atoms with Gasteiger partial charge in [0.2, 0.25) is 0 Å². The third-order valence-electron chi connectivity index (χ3n) is 4.84. The summed E-state index contributed by atoms with van der Waals surface area (Å²) in [5.74, 6) is 0. The Kier molecular flexibility index (Phi) is 15.1. The van der Waals surface area contributed by atoms with Crippen LogP contribution in [0.5, 0.6) is 0 Å². The van der Waals surface area contributed by atoms with Gasteiger partial charge in [0.15, 0.2) is 0 Å². The van der Waals surface area contributed by atoms with E-state index in [4.69, 9.17) is 0 Å². The lowest BCUT2D eigenvalue weighted by Gasteiger charge is -2.13. The van der Waals surface area contributed by atoms with Gasteiger partial charge in [-0.3, -0.25) is 4.55 Å². The smallest absolute Gasteiger partial charge is 0.267 e. The second kappa shape index (κ2) is 15.2. The molecular weight excluding hydrogens is 324 g/mol. The highest BCUT2D eigenvalue weighted by atomic mass is 32.2. The Labute approximate surface area is 150 Å². The molecule has 5 heteroatoms. The van der Waals surface area contributed by atoms with Gasteiger partial charge in [-0.25, -0.2) is 0 Å². The Morgan fingerprint density at radius 1 is 0.708 bits per heavy atom. The van der Waals surface area contributed by atoms with Gasteiger partial charge < -0.3 is 5.11 Å². The molecule has 0 aromatic carbocycles. The average molecular weight is 365 g/mol. The van der Waals surface area contributed by atoms with Crippen LogP contribution in [0.4, 0.5) is 0 Å². The number of hydrogen-bond donors (Lipinski definition) is 2. The van der Waals surface area contributed by atoms with Crippen LogP contribution in [0.25, 0.3) is 0 Å². The van der Waals surface area contributed by atoms with Crippen molar-refractivity contribution in [2.75, 3.05) is 0 Å². The molecule has 2 unspecified atom stereocenters. The summed E-state index contributed by atoms with van der Waals surface area (Å²) in [7, 11) is -3.89. The molecule has 0 aromatic rings. The molecule has 0 rings (SSSR count). The van der Waals surface area contributed by atoms with E-state index in [1.165, 1.54) is 19.3 Å². The summed E-state index contributed by atoms with van der Waals surface area (Å²) in [6, 6.07) is 0. The highest BCUT2D eigenvalue weighted by Crippen LogP contribution is 2.19. The Bertz CT molecular complexity index is 368. The van der Waals surface area contributed by atoms with Crippen LogP contribution in [0.2, 0.25) is 0 Å². The van der Waals surface area contributed by atoms with Crippen LogP contribution < -0.4 is 0 Å². The lowest BCUT2D eigenvalue weighted by atomic mass is 10.0. The second-order valence-corrected chi connectivity index (χ2v) is 8.80. The van der Waals surface area contributed by atoms with E-state index >= 15 is 0 Å². The summed E-state index contributed by atoms with van der Waals surface area (Å²) >= 11 is 0. The van der Waals surface area contributed by atoms with E-state index in [1.807, 2.05) is 6.92 Å². The lowest BCUT2D eigenvalue weighted by molar-refractivity contribution is 0.156. The first-order chi connectivity index (χ1) is 11.4. The summed E-state index contributed by atoms with van der Waals surface area (Å²) in [6.45, 7) is 4.14. The Hall–Kier alpha value is -0.130. The van der Waals surface area contributed by atoms with Crippen LogP contribution in [0.15, 0.2) is 0 Å². The Morgan fingerprint density at radius 3 is 1.54 bits per heavy atom. The van der Waals surface area contributed by atoms with Gasteiger partial charge in [0, 0.05) is 0 Å². The largest absolute Gasteiger partial charge is 0.393 e. The van der Waals surface area contributed by atoms with Gasteiger partial charge in [-0.15, -0.1) is 0 Å². The van der Waals surface area contributed by atoms with Crippen LogP contribution in [-0.2, 0) is 10.1 Å². The van der Waals surface area contributed by atoms with Crippen molar-refractivity contribution in [1.29, 1.82) is 0 Å². The molecule has 0 bridgehead atoms. The topological polar surface area (TPSA) is 74.6 Å². The van der Waals surface area contributed by atoms with Crippen molar-refractivity contribution >= 4 is 10.1 Å². The monoisotopic (exact) mass is 364 g/mol. The van der Waals surface area contributed by atoms with Crippen LogP contribution in [0.1, 0.15) is 110 Å². The molecule has 0 aliphatic rings. The van der Waals surface area contributed by atoms with Crippen LogP contribution in [0.3, 0.4) is 0 Å². The molecule has 0 fully saturated rings. The number of rotatable bonds is 17. The SMILES string of the molecule is CCCCCCC(CCCCCCCCCC(O)CC)S(=O)(=O)O. The van der Waals surface area contributed by atoms with E-state index in [9.17, 15) is 18.1 Å². The fourth-order valence-corrected chi connectivity index (χ4v) is 4.01. The van der Waals surface area contributed by atoms with Crippen molar-refractivity contribution < 1.29 is 18.1 Å². The summed E-state index contributed by atoms with van der Waals surface area (Å²) in [5, 5.41) is 8.91. The molecule has 0 radical (unpaired) electrons. The van der Waals surface area contributed by atoms with Gasteiger partial charge in [0.25, 0.3) is 10.1 Å². The molecule has 0 aliphatic carbocycles. The highest BCUT2D eigenvalue weighted by Gasteiger charge is 2.21. The molecule has 24 heavy (non-hydrogen) atoms. The zero-order valence-electron chi connectivity index (χ0n) is 15.9. The third-order valence-corrected chi connectivity index (χ3v) is 6.15. The molecule has 146 valence electrons. The second-order valence-electron chi connectivity index (χ2n) is 7.10. The number of aliphatic hydroxyl groups excluding tert-OH is 1. The molecule has 0 heterocycles. The Morgan fingerprint density at radius 2 is 1.12 bits per heavy atom. The molecule has 0 saturated carbocycles. The first kappa shape index (κ1) is 23.9. The quantitative estimate of drug-likeness (QED) is 0.264. The van der Waals surface area contributed by atoms with Gasteiger partial charge >= 0.3 is 0 Å². The van der Waals surface area contributed by atoms with Gasteiger partial charge in [0.05, 0.1) is 11.4 Å². The molecule has 0 saturated heterocycles. The number of unbranched alkanes of at least 4 members (excludes halogenated alkanes) is 9. The van der Waals surface area contributed by atoms with Crippen LogP contribution >= 0.6 is 0 Å². The Balaban J connectivity index is 3.66. The number of aliphatic hydroxyl groups is 1. The minimum absolute atomic E-state index is 0.139. The predicted molar refractivity (Wildman–Crippen MR) is 102 cm³/mol. The van der Waals surface area contributed by atoms with E-state index in [1.54, 1.807) is 0 Å². The molecule has 0 aromatic heterocycles. The molecule has 0 aliphatic heterocycles. The summed E-state index contributed by atoms with van der Waals surface area (Å²) < 4.78 is 32.2. The van der Waals surface area contributed by atoms with Crippen molar-refractivity contribution in [2.24, 2.45) is 0 Å². The average Bonchev–Trinajstić information content (AvgIpc) is 2.53. The maximum Gasteiger partial charge on any atom is 0.267 e. The van der Waals surface area contributed by atoms with Crippen molar-refractivity contribution in [1.82, 2.24) is 0 Å². The normalized spacial score (nSPS) is 14.7. The van der Waals surface area contributed by atoms with E-state index in [0.717, 1.165) is 64.2 Å². The summed E-state index contributed by atoms with van der Waals surface area (Å²) in [6.07, 6.45) is 14.7. The van der Waals surface area contributed by atoms with E-state index in [-0.39, 0.29) is 6.10 Å². The van der Waals surface area contributed by atoms with Crippen LogP contribution in [0, 0.1) is 0 Å². The molecule has 0 amide bonds. The van der Waals surface area contributed by atoms with Gasteiger partial charge in [-0.1, -0.05) is 84.5 Å². The van der Waals surface area contributed by atoms with E-state index < -0.39 is 15.4 Å². The van der Waals surface area contributed by atoms with Gasteiger partial charge in [-0.2, -0.15) is 8.42 Å². The molecule has 2 N–H and O–H groups in total. The zero-order chi connectivity index (χ0) is 18.3. The number of hydrogen-bond acceptors (Lipinski definition) is 3. The van der Waals surface area contributed by atoms with Crippen molar-refractivity contribution in [3.8, 4) is 0 Å². The fraction of sp³-hybridized carbons (Fsp3) is 1.00. The molecule has 0 spiro atoms. The first-order valence-electron chi connectivity index (χ1n) is 10.1. The molecular formula is C19H40O4S. The standard InChI is InChI=1S/C19H40O4S/c1-3-5-6-13-16-19(24(21,22)23)17-14-11-9-7-8-10-12-15-18(20)4-2/h18-20H,3-17H2,1-2H3,(H,21,22,23). The van der Waals surface area contributed by atoms with Crippen molar-refractivity contribution in [3.63, 3.8) is 0 Å². The molecule has 2 atom stereocenters.